The van der Waals surface area contributed by atoms with Crippen molar-refractivity contribution in [3.05, 3.63) is 109 Å². The molecule has 0 aliphatic carbocycles. The van der Waals surface area contributed by atoms with Crippen LogP contribution in [0.2, 0.25) is 0 Å². The SMILES string of the molecule is Nc1ccccc1P(CCCCP(c1ccccc1)c1ccccc1N)c1ccccc1. The predicted molar refractivity (Wildman–Crippen MR) is 146 cm³/mol. The summed E-state index contributed by atoms with van der Waals surface area (Å²) in [4.78, 5) is 0. The molecule has 4 heteroatoms. The number of hydrogen-bond acceptors (Lipinski definition) is 2. The summed E-state index contributed by atoms with van der Waals surface area (Å²) in [5, 5.41) is 5.40. The minimum atomic E-state index is -0.460. The molecule has 0 radical (unpaired) electrons. The van der Waals surface area contributed by atoms with E-state index in [0.29, 0.717) is 0 Å². The van der Waals surface area contributed by atoms with Gasteiger partial charge in [-0.05, 0) is 63.8 Å². The van der Waals surface area contributed by atoms with Crippen molar-refractivity contribution in [1.29, 1.82) is 0 Å². The van der Waals surface area contributed by atoms with Crippen molar-refractivity contribution >= 4 is 48.4 Å². The highest BCUT2D eigenvalue weighted by Crippen LogP contribution is 2.40. The Morgan fingerprint density at radius 2 is 0.781 bits per heavy atom. The van der Waals surface area contributed by atoms with Crippen LogP contribution < -0.4 is 32.7 Å². The first kappa shape index (κ1) is 22.5. The number of benzene rings is 4. The molecule has 0 heterocycles. The standard InChI is InChI=1S/C28H30N2P2/c29-25-17-7-9-19-27(25)31(23-13-3-1-4-14-23)21-11-12-22-32(24-15-5-2-6-16-24)28-20-10-8-18-26(28)30/h1-10,13-20H,11-12,21-22,29-30H2. The highest BCUT2D eigenvalue weighted by molar-refractivity contribution is 7.73. The van der Waals surface area contributed by atoms with Crippen LogP contribution in [0.3, 0.4) is 0 Å². The molecule has 0 saturated carbocycles. The third kappa shape index (κ3) is 5.57. The van der Waals surface area contributed by atoms with Crippen LogP contribution in [0.1, 0.15) is 12.8 Å². The summed E-state index contributed by atoms with van der Waals surface area (Å²) in [5.74, 6) is 0. The Morgan fingerprint density at radius 1 is 0.438 bits per heavy atom. The van der Waals surface area contributed by atoms with Gasteiger partial charge in [0.2, 0.25) is 0 Å². The molecule has 162 valence electrons. The van der Waals surface area contributed by atoms with Gasteiger partial charge in [0.15, 0.2) is 0 Å². The fourth-order valence-corrected chi connectivity index (χ4v) is 9.00. The smallest absolute Gasteiger partial charge is 0.0395 e. The fraction of sp³-hybridized carbons (Fsp3) is 0.143. The maximum atomic E-state index is 6.39. The molecule has 0 saturated heterocycles. The molecule has 0 bridgehead atoms. The quantitative estimate of drug-likeness (QED) is 0.207. The second kappa shape index (κ2) is 11.3. The number of nitrogen functional groups attached to an aromatic ring is 2. The first-order valence-corrected chi connectivity index (χ1v) is 14.1. The second-order valence-electron chi connectivity index (χ2n) is 7.80. The summed E-state index contributed by atoms with van der Waals surface area (Å²) >= 11 is 0. The fourth-order valence-electron chi connectivity index (χ4n) is 4.00. The van der Waals surface area contributed by atoms with E-state index in [1.54, 1.807) is 0 Å². The summed E-state index contributed by atoms with van der Waals surface area (Å²) in [7, 11) is -0.920. The maximum absolute atomic E-state index is 6.39. The lowest BCUT2D eigenvalue weighted by atomic mass is 10.3. The predicted octanol–water partition coefficient (Wildman–Crippen LogP) is 5.20. The molecular formula is C28H30N2P2. The van der Waals surface area contributed by atoms with E-state index in [-0.39, 0.29) is 0 Å². The van der Waals surface area contributed by atoms with Crippen molar-refractivity contribution in [3.8, 4) is 0 Å². The molecule has 0 aliphatic rings. The van der Waals surface area contributed by atoms with Crippen molar-refractivity contribution in [1.82, 2.24) is 0 Å². The lowest BCUT2D eigenvalue weighted by molar-refractivity contribution is 0.902. The Kier molecular flexibility index (Phi) is 7.94. The van der Waals surface area contributed by atoms with Crippen molar-refractivity contribution in [3.63, 3.8) is 0 Å². The molecule has 4 aromatic rings. The average molecular weight is 457 g/mol. The van der Waals surface area contributed by atoms with Crippen LogP contribution in [0, 0.1) is 0 Å². The maximum Gasteiger partial charge on any atom is 0.0395 e. The Labute approximate surface area is 194 Å². The third-order valence-electron chi connectivity index (χ3n) is 5.60. The van der Waals surface area contributed by atoms with E-state index >= 15 is 0 Å². The number of para-hydroxylation sites is 2. The monoisotopic (exact) mass is 456 g/mol. The van der Waals surface area contributed by atoms with E-state index in [0.717, 1.165) is 23.7 Å². The average Bonchev–Trinajstić information content (AvgIpc) is 2.84. The van der Waals surface area contributed by atoms with Crippen molar-refractivity contribution in [2.24, 2.45) is 0 Å². The first-order chi connectivity index (χ1) is 15.7. The van der Waals surface area contributed by atoms with Crippen molar-refractivity contribution in [2.75, 3.05) is 23.8 Å². The summed E-state index contributed by atoms with van der Waals surface area (Å²) in [5.41, 5.74) is 14.6. The van der Waals surface area contributed by atoms with Gasteiger partial charge in [0, 0.05) is 22.0 Å². The van der Waals surface area contributed by atoms with Gasteiger partial charge in [-0.2, -0.15) is 0 Å². The molecule has 2 atom stereocenters. The largest absolute Gasteiger partial charge is 0.398 e. The molecule has 4 aromatic carbocycles. The van der Waals surface area contributed by atoms with E-state index in [2.05, 4.69) is 84.9 Å². The number of unbranched alkanes of at least 4 members (excludes halogenated alkanes) is 1. The molecule has 0 amide bonds. The normalized spacial score (nSPS) is 12.9. The highest BCUT2D eigenvalue weighted by atomic mass is 31.1. The lowest BCUT2D eigenvalue weighted by Crippen LogP contribution is -2.19. The number of rotatable bonds is 9. The van der Waals surface area contributed by atoms with E-state index in [1.165, 1.54) is 34.1 Å². The second-order valence-corrected chi connectivity index (χ2v) is 12.4. The van der Waals surface area contributed by atoms with E-state index in [9.17, 15) is 0 Å². The molecule has 0 spiro atoms. The van der Waals surface area contributed by atoms with Crippen molar-refractivity contribution < 1.29 is 0 Å². The molecule has 0 fully saturated rings. The molecule has 0 aromatic heterocycles. The van der Waals surface area contributed by atoms with Crippen LogP contribution in [0.15, 0.2) is 109 Å². The molecule has 0 aliphatic heterocycles. The number of anilines is 2. The number of hydrogen-bond donors (Lipinski definition) is 2. The molecule has 2 unspecified atom stereocenters. The van der Waals surface area contributed by atoms with Gasteiger partial charge in [-0.15, -0.1) is 0 Å². The zero-order valence-corrected chi connectivity index (χ0v) is 20.1. The summed E-state index contributed by atoms with van der Waals surface area (Å²) < 4.78 is 0. The van der Waals surface area contributed by atoms with Crippen LogP contribution in [0.25, 0.3) is 0 Å². The zero-order valence-electron chi connectivity index (χ0n) is 18.3. The van der Waals surface area contributed by atoms with Gasteiger partial charge in [-0.3, -0.25) is 0 Å². The zero-order chi connectivity index (χ0) is 22.2. The minimum Gasteiger partial charge on any atom is -0.398 e. The van der Waals surface area contributed by atoms with E-state index in [4.69, 9.17) is 11.5 Å². The van der Waals surface area contributed by atoms with Gasteiger partial charge in [0.1, 0.15) is 0 Å². The molecular weight excluding hydrogens is 426 g/mol. The van der Waals surface area contributed by atoms with Gasteiger partial charge in [0.05, 0.1) is 0 Å². The van der Waals surface area contributed by atoms with E-state index < -0.39 is 15.8 Å². The number of nitrogens with two attached hydrogens (primary N) is 2. The molecule has 32 heavy (non-hydrogen) atoms. The van der Waals surface area contributed by atoms with Crippen LogP contribution in [0.5, 0.6) is 0 Å². The Morgan fingerprint density at radius 3 is 1.16 bits per heavy atom. The minimum absolute atomic E-state index is 0.460. The van der Waals surface area contributed by atoms with E-state index in [1.807, 2.05) is 24.3 Å². The third-order valence-corrected chi connectivity index (χ3v) is 11.0. The molecule has 2 nitrogen and oxygen atoms in total. The van der Waals surface area contributed by atoms with Gasteiger partial charge in [-0.25, -0.2) is 0 Å². The molecule has 4 rings (SSSR count). The van der Waals surface area contributed by atoms with Crippen LogP contribution >= 0.6 is 15.8 Å². The van der Waals surface area contributed by atoms with Gasteiger partial charge in [0.25, 0.3) is 0 Å². The van der Waals surface area contributed by atoms with Gasteiger partial charge < -0.3 is 11.5 Å². The van der Waals surface area contributed by atoms with Crippen LogP contribution in [-0.4, -0.2) is 12.3 Å². The summed E-state index contributed by atoms with van der Waals surface area (Å²) in [6.45, 7) is 0. The highest BCUT2D eigenvalue weighted by Gasteiger charge is 2.18. The van der Waals surface area contributed by atoms with Crippen molar-refractivity contribution in [2.45, 2.75) is 12.8 Å². The van der Waals surface area contributed by atoms with Crippen LogP contribution in [-0.2, 0) is 0 Å². The Hall–Kier alpha value is -2.66. The van der Waals surface area contributed by atoms with Crippen LogP contribution in [0.4, 0.5) is 11.4 Å². The first-order valence-electron chi connectivity index (χ1n) is 11.1. The van der Waals surface area contributed by atoms with Gasteiger partial charge >= 0.3 is 0 Å². The Balaban J connectivity index is 1.50. The summed E-state index contributed by atoms with van der Waals surface area (Å²) in [6.07, 6.45) is 4.65. The Bertz CT molecular complexity index is 1030. The summed E-state index contributed by atoms with van der Waals surface area (Å²) in [6, 6.07) is 38.4. The lowest BCUT2D eigenvalue weighted by Gasteiger charge is -2.22. The topological polar surface area (TPSA) is 52.0 Å². The molecule has 4 N–H and O–H groups in total. The van der Waals surface area contributed by atoms with Gasteiger partial charge in [-0.1, -0.05) is 97.1 Å².